The van der Waals surface area contributed by atoms with Crippen molar-refractivity contribution in [3.05, 3.63) is 40.2 Å². The first-order chi connectivity index (χ1) is 16.7. The number of nitrogens with one attached hydrogen (secondary N) is 3. The van der Waals surface area contributed by atoms with Crippen LogP contribution in [-0.4, -0.2) is 68.2 Å². The van der Waals surface area contributed by atoms with Gasteiger partial charge < -0.3 is 29.6 Å². The third-order valence-electron chi connectivity index (χ3n) is 7.00. The van der Waals surface area contributed by atoms with Gasteiger partial charge in [-0.2, -0.15) is 4.98 Å². The number of rotatable bonds is 7. The summed E-state index contributed by atoms with van der Waals surface area (Å²) in [4.78, 5) is 7.62. The fourth-order valence-electron chi connectivity index (χ4n) is 5.39. The van der Waals surface area contributed by atoms with Gasteiger partial charge in [0.25, 0.3) is 0 Å². The summed E-state index contributed by atoms with van der Waals surface area (Å²) in [6.07, 6.45) is 0.708. The largest absolute Gasteiger partial charge is 0.394 e. The van der Waals surface area contributed by atoms with Crippen molar-refractivity contribution in [3.63, 3.8) is 0 Å². The maximum atomic E-state index is 13.6. The Balaban J connectivity index is 1.24. The number of aliphatic hydroxyl groups is 1. The molecule has 12 heteroatoms. The molecule has 188 valence electrons. The molecule has 6 rings (SSSR count). The van der Waals surface area contributed by atoms with Crippen LogP contribution >= 0.6 is 12.2 Å². The van der Waals surface area contributed by atoms with Gasteiger partial charge in [-0.1, -0.05) is 6.07 Å². The topological polar surface area (TPSA) is 109 Å². The maximum Gasteiger partial charge on any atom is 0.200 e. The molecule has 3 heterocycles. The normalized spacial score (nSPS) is 31.2. The highest BCUT2D eigenvalue weighted by atomic mass is 32.1. The van der Waals surface area contributed by atoms with Crippen molar-refractivity contribution in [1.29, 1.82) is 0 Å². The summed E-state index contributed by atoms with van der Waals surface area (Å²) in [6.45, 7) is 3.91. The quantitative estimate of drug-likeness (QED) is 0.363. The molecule has 3 aromatic rings. The molecule has 6 atom stereocenters. The van der Waals surface area contributed by atoms with Gasteiger partial charge >= 0.3 is 0 Å². The first-order valence-corrected chi connectivity index (χ1v) is 12.1. The number of aromatic nitrogens is 4. The summed E-state index contributed by atoms with van der Waals surface area (Å²) in [5, 5.41) is 16.0. The van der Waals surface area contributed by atoms with E-state index in [2.05, 4.69) is 20.4 Å². The van der Waals surface area contributed by atoms with E-state index in [9.17, 15) is 13.9 Å². The van der Waals surface area contributed by atoms with E-state index >= 15 is 0 Å². The molecule has 3 aliphatic rings. The van der Waals surface area contributed by atoms with E-state index < -0.39 is 17.4 Å². The Kier molecular flexibility index (Phi) is 5.49. The molecule has 2 aromatic heterocycles. The predicted octanol–water partition coefficient (Wildman–Crippen LogP) is 3.51. The minimum absolute atomic E-state index is 0.0624. The van der Waals surface area contributed by atoms with Gasteiger partial charge in [-0.15, -0.1) is 0 Å². The summed E-state index contributed by atoms with van der Waals surface area (Å²) in [7, 11) is 0. The van der Waals surface area contributed by atoms with Gasteiger partial charge in [-0.3, -0.25) is 9.78 Å². The minimum atomic E-state index is -0.846. The number of aliphatic hydroxyl groups excluding tert-OH is 1. The molecular formula is C23H27F2N5O4S. The van der Waals surface area contributed by atoms with Gasteiger partial charge in [0.15, 0.2) is 23.1 Å². The van der Waals surface area contributed by atoms with Gasteiger partial charge in [-0.05, 0) is 50.2 Å². The van der Waals surface area contributed by atoms with E-state index in [-0.39, 0.29) is 49.5 Å². The van der Waals surface area contributed by atoms with Crippen LogP contribution < -0.4 is 5.32 Å². The molecule has 3 fully saturated rings. The summed E-state index contributed by atoms with van der Waals surface area (Å²) in [5.74, 6) is -1.63. The second-order valence-corrected chi connectivity index (χ2v) is 10.3. The van der Waals surface area contributed by atoms with E-state index in [1.165, 1.54) is 6.07 Å². The average molecular weight is 508 g/mol. The number of benzene rings is 1. The molecule has 4 N–H and O–H groups in total. The SMILES string of the molecule is CC1(C)O[C@@H]2[C@H](O1)[C@@H](OCCO)C[C@H]2n1[nH]c2c(N[C@@H]3C[C@H]3c3ccc(F)c(F)c3)[nH]c(=S)nc21. The summed E-state index contributed by atoms with van der Waals surface area (Å²) >= 11 is 5.39. The zero-order valence-electron chi connectivity index (χ0n) is 19.3. The van der Waals surface area contributed by atoms with Crippen molar-refractivity contribution in [2.75, 3.05) is 18.5 Å². The first kappa shape index (κ1) is 23.0. The molecule has 0 amide bonds. The summed E-state index contributed by atoms with van der Waals surface area (Å²) in [6, 6.07) is 3.99. The molecule has 1 saturated heterocycles. The number of anilines is 1. The number of aromatic amines is 2. The van der Waals surface area contributed by atoms with Crippen LogP contribution in [0.5, 0.6) is 0 Å². The van der Waals surface area contributed by atoms with Crippen molar-refractivity contribution in [3.8, 4) is 0 Å². The van der Waals surface area contributed by atoms with Crippen LogP contribution in [0, 0.1) is 16.4 Å². The monoisotopic (exact) mass is 507 g/mol. The molecule has 0 radical (unpaired) electrons. The van der Waals surface area contributed by atoms with E-state index in [1.54, 1.807) is 6.07 Å². The van der Waals surface area contributed by atoms with Crippen LogP contribution in [0.15, 0.2) is 18.2 Å². The Hall–Kier alpha value is -2.38. The summed E-state index contributed by atoms with van der Waals surface area (Å²) < 4.78 is 47.4. The lowest BCUT2D eigenvalue weighted by atomic mass is 10.1. The van der Waals surface area contributed by atoms with Crippen LogP contribution in [0.25, 0.3) is 11.2 Å². The molecule has 35 heavy (non-hydrogen) atoms. The second kappa shape index (κ2) is 8.34. The molecule has 0 unspecified atom stereocenters. The predicted molar refractivity (Wildman–Crippen MR) is 125 cm³/mol. The number of hydrogen-bond acceptors (Lipinski definition) is 7. The number of ether oxygens (including phenoxy) is 3. The summed E-state index contributed by atoms with van der Waals surface area (Å²) in [5.41, 5.74) is 2.24. The Bertz CT molecular complexity index is 1320. The van der Waals surface area contributed by atoms with Crippen LogP contribution in [0.3, 0.4) is 0 Å². The Labute approximate surface area is 204 Å². The number of halogens is 2. The van der Waals surface area contributed by atoms with Crippen molar-refractivity contribution in [2.45, 2.75) is 68.8 Å². The standard InChI is InChI=1S/C23H27F2N5O4S/c1-23(2)33-18-15(9-16(19(18)34-23)32-6-5-31)30-21-17(29-30)20(27-22(35)28-21)26-14-8-11(14)10-3-4-12(24)13(25)7-10/h3-4,7,11,14-16,18-19,29,31H,5-6,8-9H2,1-2H3,(H2,26,27,28,35)/t11-,14+,15+,16-,18-,19+/m0/s1. The van der Waals surface area contributed by atoms with E-state index in [0.717, 1.165) is 23.6 Å². The number of nitrogens with zero attached hydrogens (tertiary/aromatic N) is 2. The van der Waals surface area contributed by atoms with Crippen molar-refractivity contribution in [2.24, 2.45) is 0 Å². The van der Waals surface area contributed by atoms with Crippen LogP contribution in [-0.2, 0) is 14.2 Å². The van der Waals surface area contributed by atoms with Gasteiger partial charge in [0.1, 0.15) is 23.5 Å². The third kappa shape index (κ3) is 4.06. The Morgan fingerprint density at radius 3 is 2.83 bits per heavy atom. The lowest BCUT2D eigenvalue weighted by Gasteiger charge is -2.28. The van der Waals surface area contributed by atoms with Crippen LogP contribution in [0.4, 0.5) is 14.6 Å². The van der Waals surface area contributed by atoms with Crippen molar-refractivity contribution >= 4 is 29.2 Å². The number of fused-ring (bicyclic) bond motifs is 2. The smallest absolute Gasteiger partial charge is 0.200 e. The Morgan fingerprint density at radius 2 is 2.06 bits per heavy atom. The zero-order valence-corrected chi connectivity index (χ0v) is 20.1. The second-order valence-electron chi connectivity index (χ2n) is 9.86. The van der Waals surface area contributed by atoms with Crippen LogP contribution in [0.1, 0.15) is 44.2 Å². The molecule has 9 nitrogen and oxygen atoms in total. The zero-order chi connectivity index (χ0) is 24.5. The highest BCUT2D eigenvalue weighted by molar-refractivity contribution is 7.71. The third-order valence-corrected chi connectivity index (χ3v) is 7.20. The van der Waals surface area contributed by atoms with Crippen molar-refractivity contribution in [1.82, 2.24) is 19.7 Å². The van der Waals surface area contributed by atoms with Gasteiger partial charge in [0, 0.05) is 18.4 Å². The minimum Gasteiger partial charge on any atom is -0.394 e. The Morgan fingerprint density at radius 1 is 1.26 bits per heavy atom. The lowest BCUT2D eigenvalue weighted by Crippen LogP contribution is -2.32. The molecule has 2 aliphatic carbocycles. The van der Waals surface area contributed by atoms with Crippen LogP contribution in [0.2, 0.25) is 0 Å². The molecule has 2 saturated carbocycles. The first-order valence-electron chi connectivity index (χ1n) is 11.7. The van der Waals surface area contributed by atoms with Gasteiger partial charge in [0.05, 0.1) is 25.4 Å². The number of H-pyrrole nitrogens is 2. The van der Waals surface area contributed by atoms with E-state index in [0.29, 0.717) is 22.7 Å². The molecule has 1 aromatic carbocycles. The van der Waals surface area contributed by atoms with E-state index in [4.69, 9.17) is 26.4 Å². The number of hydrogen-bond donors (Lipinski definition) is 4. The lowest BCUT2D eigenvalue weighted by molar-refractivity contribution is -0.171. The van der Waals surface area contributed by atoms with E-state index in [1.807, 2.05) is 18.5 Å². The molecular weight excluding hydrogens is 480 g/mol. The molecule has 0 spiro atoms. The molecule has 1 aliphatic heterocycles. The highest BCUT2D eigenvalue weighted by Crippen LogP contribution is 2.47. The van der Waals surface area contributed by atoms with Crippen molar-refractivity contribution < 1.29 is 28.1 Å². The maximum absolute atomic E-state index is 13.6. The average Bonchev–Trinajstić information content (AvgIpc) is 3.38. The fourth-order valence-corrected chi connectivity index (χ4v) is 5.58. The van der Waals surface area contributed by atoms with Gasteiger partial charge in [0.2, 0.25) is 4.77 Å². The fraction of sp³-hybridized carbons (Fsp3) is 0.565. The van der Waals surface area contributed by atoms with Gasteiger partial charge in [-0.25, -0.2) is 8.78 Å². The molecule has 0 bridgehead atoms. The highest BCUT2D eigenvalue weighted by Gasteiger charge is 2.56.